The Kier molecular flexibility index (Phi) is 3.57. The van der Waals surface area contributed by atoms with Crippen LogP contribution >= 0.6 is 11.6 Å². The quantitative estimate of drug-likeness (QED) is 0.756. The van der Waals surface area contributed by atoms with Crippen molar-refractivity contribution >= 4 is 34.6 Å². The lowest BCUT2D eigenvalue weighted by Gasteiger charge is -2.10. The molecule has 4 nitrogen and oxygen atoms in total. The smallest absolute Gasteiger partial charge is 0.250 e. The monoisotopic (exact) mass is 279 g/mol. The SMILES string of the molecule is NC(=O)c1cc(Nc2ccc(Cl)cc2)c(F)cc1N. The molecule has 0 fully saturated rings. The van der Waals surface area contributed by atoms with Crippen LogP contribution in [0.15, 0.2) is 36.4 Å². The number of hydrogen-bond donors (Lipinski definition) is 3. The summed E-state index contributed by atoms with van der Waals surface area (Å²) in [5, 5.41) is 3.40. The summed E-state index contributed by atoms with van der Waals surface area (Å²) < 4.78 is 13.7. The Balaban J connectivity index is 2.37. The van der Waals surface area contributed by atoms with Gasteiger partial charge in [0.25, 0.3) is 5.91 Å². The highest BCUT2D eigenvalue weighted by Gasteiger charge is 2.12. The molecule has 6 heteroatoms. The molecule has 0 saturated carbocycles. The predicted octanol–water partition coefficient (Wildman–Crippen LogP) is 2.90. The van der Waals surface area contributed by atoms with E-state index in [4.69, 9.17) is 23.1 Å². The summed E-state index contributed by atoms with van der Waals surface area (Å²) in [4.78, 5) is 11.2. The lowest BCUT2D eigenvalue weighted by atomic mass is 10.1. The van der Waals surface area contributed by atoms with Gasteiger partial charge in [-0.25, -0.2) is 4.39 Å². The fraction of sp³-hybridized carbons (Fsp3) is 0. The van der Waals surface area contributed by atoms with Gasteiger partial charge in [-0.05, 0) is 36.4 Å². The molecule has 0 aliphatic heterocycles. The van der Waals surface area contributed by atoms with Crippen LogP contribution in [-0.4, -0.2) is 5.91 Å². The predicted molar refractivity (Wildman–Crippen MR) is 74.1 cm³/mol. The Labute approximate surface area is 114 Å². The van der Waals surface area contributed by atoms with E-state index in [0.29, 0.717) is 10.7 Å². The summed E-state index contributed by atoms with van der Waals surface area (Å²) in [6, 6.07) is 9.02. The molecule has 5 N–H and O–H groups in total. The van der Waals surface area contributed by atoms with Crippen LogP contribution in [0.1, 0.15) is 10.4 Å². The number of nitrogens with two attached hydrogens (primary N) is 2. The first-order valence-electron chi connectivity index (χ1n) is 5.39. The van der Waals surface area contributed by atoms with Crippen molar-refractivity contribution in [1.29, 1.82) is 0 Å². The largest absolute Gasteiger partial charge is 0.398 e. The van der Waals surface area contributed by atoms with E-state index in [9.17, 15) is 9.18 Å². The summed E-state index contributed by atoms with van der Waals surface area (Å²) in [5.74, 6) is -1.28. The highest BCUT2D eigenvalue weighted by Crippen LogP contribution is 2.25. The molecule has 0 bridgehead atoms. The Bertz CT molecular complexity index is 629. The lowest BCUT2D eigenvalue weighted by molar-refractivity contribution is 0.100. The average molecular weight is 280 g/mol. The van der Waals surface area contributed by atoms with E-state index in [1.807, 2.05) is 0 Å². The van der Waals surface area contributed by atoms with Gasteiger partial charge < -0.3 is 16.8 Å². The van der Waals surface area contributed by atoms with Gasteiger partial charge in [0.15, 0.2) is 0 Å². The zero-order chi connectivity index (χ0) is 14.0. The van der Waals surface area contributed by atoms with Crippen molar-refractivity contribution in [1.82, 2.24) is 0 Å². The standard InChI is InChI=1S/C13H11ClFN3O/c14-7-1-3-8(4-2-7)18-12-5-9(13(17)19)11(16)6-10(12)15/h1-6,18H,16H2,(H2,17,19). The van der Waals surface area contributed by atoms with E-state index in [1.54, 1.807) is 24.3 Å². The van der Waals surface area contributed by atoms with E-state index in [1.165, 1.54) is 6.07 Å². The van der Waals surface area contributed by atoms with Gasteiger partial charge in [-0.2, -0.15) is 0 Å². The first kappa shape index (κ1) is 13.2. The third kappa shape index (κ3) is 2.95. The molecule has 0 spiro atoms. The van der Waals surface area contributed by atoms with Gasteiger partial charge in [0, 0.05) is 16.4 Å². The maximum absolute atomic E-state index is 13.7. The number of carbonyl (C=O) groups excluding carboxylic acids is 1. The normalized spacial score (nSPS) is 10.2. The van der Waals surface area contributed by atoms with Crippen LogP contribution in [0, 0.1) is 5.82 Å². The number of hydrogen-bond acceptors (Lipinski definition) is 3. The van der Waals surface area contributed by atoms with Crippen LogP contribution in [0.3, 0.4) is 0 Å². The van der Waals surface area contributed by atoms with Crippen LogP contribution in [-0.2, 0) is 0 Å². The number of nitrogen functional groups attached to an aromatic ring is 1. The molecule has 0 heterocycles. The molecule has 19 heavy (non-hydrogen) atoms. The number of rotatable bonds is 3. The molecule has 0 aliphatic carbocycles. The second-order valence-corrected chi connectivity index (χ2v) is 4.35. The van der Waals surface area contributed by atoms with Crippen molar-refractivity contribution in [3.63, 3.8) is 0 Å². The van der Waals surface area contributed by atoms with Crippen molar-refractivity contribution < 1.29 is 9.18 Å². The van der Waals surface area contributed by atoms with E-state index in [2.05, 4.69) is 5.32 Å². The van der Waals surface area contributed by atoms with Gasteiger partial charge in [0.2, 0.25) is 0 Å². The molecule has 0 aromatic heterocycles. The van der Waals surface area contributed by atoms with Crippen molar-refractivity contribution in [3.8, 4) is 0 Å². The highest BCUT2D eigenvalue weighted by molar-refractivity contribution is 6.30. The number of anilines is 3. The highest BCUT2D eigenvalue weighted by atomic mass is 35.5. The molecule has 2 aromatic rings. The topological polar surface area (TPSA) is 81.1 Å². The van der Waals surface area contributed by atoms with Gasteiger partial charge >= 0.3 is 0 Å². The minimum Gasteiger partial charge on any atom is -0.398 e. The molecule has 98 valence electrons. The first-order valence-corrected chi connectivity index (χ1v) is 5.76. The molecule has 0 unspecified atom stereocenters. The van der Waals surface area contributed by atoms with E-state index >= 15 is 0 Å². The van der Waals surface area contributed by atoms with Crippen LogP contribution in [0.4, 0.5) is 21.5 Å². The average Bonchev–Trinajstić information content (AvgIpc) is 2.34. The number of benzene rings is 2. The van der Waals surface area contributed by atoms with Crippen LogP contribution < -0.4 is 16.8 Å². The van der Waals surface area contributed by atoms with Gasteiger partial charge in [-0.15, -0.1) is 0 Å². The molecule has 1 amide bonds. The van der Waals surface area contributed by atoms with E-state index < -0.39 is 11.7 Å². The Morgan fingerprint density at radius 2 is 1.84 bits per heavy atom. The fourth-order valence-corrected chi connectivity index (χ4v) is 1.71. The van der Waals surface area contributed by atoms with Crippen LogP contribution in [0.5, 0.6) is 0 Å². The molecule has 2 rings (SSSR count). The third-order valence-corrected chi connectivity index (χ3v) is 2.78. The summed E-state index contributed by atoms with van der Waals surface area (Å²) in [5.41, 5.74) is 11.5. The van der Waals surface area contributed by atoms with E-state index in [0.717, 1.165) is 6.07 Å². The third-order valence-electron chi connectivity index (χ3n) is 2.53. The van der Waals surface area contributed by atoms with Crippen molar-refractivity contribution in [2.24, 2.45) is 5.73 Å². The molecule has 0 atom stereocenters. The van der Waals surface area contributed by atoms with Crippen molar-refractivity contribution in [2.45, 2.75) is 0 Å². The molecule has 2 aromatic carbocycles. The molecule has 0 radical (unpaired) electrons. The van der Waals surface area contributed by atoms with Gasteiger partial charge in [-0.3, -0.25) is 4.79 Å². The van der Waals surface area contributed by atoms with Crippen LogP contribution in [0.25, 0.3) is 0 Å². The number of primary amides is 1. The zero-order valence-corrected chi connectivity index (χ0v) is 10.5. The Morgan fingerprint density at radius 1 is 1.21 bits per heavy atom. The Hall–Kier alpha value is -2.27. The second kappa shape index (κ2) is 5.16. The van der Waals surface area contributed by atoms with Gasteiger partial charge in [0.1, 0.15) is 5.82 Å². The number of nitrogens with one attached hydrogen (secondary N) is 1. The maximum atomic E-state index is 13.7. The summed E-state index contributed by atoms with van der Waals surface area (Å²) in [6.45, 7) is 0. The molecular weight excluding hydrogens is 269 g/mol. The Morgan fingerprint density at radius 3 is 2.42 bits per heavy atom. The molecular formula is C13H11ClFN3O. The number of carbonyl (C=O) groups is 1. The molecule has 0 saturated heterocycles. The lowest BCUT2D eigenvalue weighted by Crippen LogP contribution is -2.14. The fourth-order valence-electron chi connectivity index (χ4n) is 1.59. The second-order valence-electron chi connectivity index (χ2n) is 3.92. The van der Waals surface area contributed by atoms with Gasteiger partial charge in [-0.1, -0.05) is 11.6 Å². The van der Waals surface area contributed by atoms with Gasteiger partial charge in [0.05, 0.1) is 11.3 Å². The van der Waals surface area contributed by atoms with Crippen molar-refractivity contribution in [3.05, 3.63) is 52.8 Å². The number of halogens is 2. The maximum Gasteiger partial charge on any atom is 0.250 e. The summed E-state index contributed by atoms with van der Waals surface area (Å²) in [7, 11) is 0. The van der Waals surface area contributed by atoms with Crippen LogP contribution in [0.2, 0.25) is 5.02 Å². The molecule has 0 aliphatic rings. The summed E-state index contributed by atoms with van der Waals surface area (Å²) >= 11 is 5.75. The van der Waals surface area contributed by atoms with E-state index in [-0.39, 0.29) is 16.9 Å². The van der Waals surface area contributed by atoms with Crippen molar-refractivity contribution in [2.75, 3.05) is 11.1 Å². The minimum atomic E-state index is -0.711. The summed E-state index contributed by atoms with van der Waals surface area (Å²) in [6.07, 6.45) is 0. The minimum absolute atomic E-state index is 0.00616. The zero-order valence-electron chi connectivity index (χ0n) is 9.78. The first-order chi connectivity index (χ1) is 8.97. The number of amides is 1.